The number of nitrogens with zero attached hydrogens (tertiary/aromatic N) is 2. The summed E-state index contributed by atoms with van der Waals surface area (Å²) in [5, 5.41) is 2.20. The second kappa shape index (κ2) is 4.13. The summed E-state index contributed by atoms with van der Waals surface area (Å²) in [6.45, 7) is 0. The monoisotopic (exact) mass is 325 g/mol. The van der Waals surface area contributed by atoms with Crippen LogP contribution in [0.25, 0.3) is 0 Å². The Morgan fingerprint density at radius 1 is 0.952 bits per heavy atom. The van der Waals surface area contributed by atoms with Crippen molar-refractivity contribution in [3.8, 4) is 0 Å². The smallest absolute Gasteiger partial charge is 0.310 e. The molecule has 0 aliphatic rings. The van der Waals surface area contributed by atoms with Crippen molar-refractivity contribution in [2.75, 3.05) is 5.32 Å². The van der Waals surface area contributed by atoms with E-state index in [1.807, 2.05) is 0 Å². The van der Waals surface area contributed by atoms with Crippen LogP contribution in [0.5, 0.6) is 0 Å². The van der Waals surface area contributed by atoms with Gasteiger partial charge in [-0.15, -0.1) is 0 Å². The molecule has 21 heavy (non-hydrogen) atoms. The van der Waals surface area contributed by atoms with E-state index >= 15 is 0 Å². The number of carbonyl (C=O) groups is 1. The average molecular weight is 325 g/mol. The van der Waals surface area contributed by atoms with E-state index in [0.717, 1.165) is 12.1 Å². The summed E-state index contributed by atoms with van der Waals surface area (Å²) in [4.78, 5) is 16.9. The van der Waals surface area contributed by atoms with Gasteiger partial charge in [0.1, 0.15) is 4.90 Å². The molecule has 2 rings (SSSR count). The number of nitrogens with one attached hydrogen (secondary N) is 1. The number of hydrogen-bond donors (Lipinski definition) is 1. The van der Waals surface area contributed by atoms with Gasteiger partial charge < -0.3 is 5.32 Å². The maximum absolute atomic E-state index is 12.5. The molecule has 2 aromatic rings. The fraction of sp³-hybridized carbons (Fsp3) is 0. The summed E-state index contributed by atoms with van der Waals surface area (Å²) in [7, 11) is -9.70. The van der Waals surface area contributed by atoms with Gasteiger partial charge in [0, 0.05) is 18.1 Å². The van der Waals surface area contributed by atoms with E-state index in [4.69, 9.17) is 0 Å². The minimum Gasteiger partial charge on any atom is -0.319 e. The lowest BCUT2D eigenvalue weighted by Crippen LogP contribution is -2.15. The molecule has 1 N–H and O–H groups in total. The molecule has 10 heteroatoms. The Kier molecular flexibility index (Phi) is 2.99. The van der Waals surface area contributed by atoms with Crippen molar-refractivity contribution >= 4 is 21.8 Å². The molecule has 0 saturated carbocycles. The highest BCUT2D eigenvalue weighted by atomic mass is 32.5. The molecular formula is C11H8F5N3OS. The van der Waals surface area contributed by atoms with E-state index in [1.54, 1.807) is 0 Å². The summed E-state index contributed by atoms with van der Waals surface area (Å²) < 4.78 is 62.5. The third kappa shape index (κ3) is 3.88. The van der Waals surface area contributed by atoms with Gasteiger partial charge in [0.05, 0.1) is 0 Å². The molecular weight excluding hydrogens is 317 g/mol. The molecule has 0 unspecified atom stereocenters. The zero-order valence-electron chi connectivity index (χ0n) is 10.1. The SMILES string of the molecule is O=C(Nc1ccc(S(F)(F)(F)(F)F)cc1)c1ncccn1. The first kappa shape index (κ1) is 15.2. The highest BCUT2D eigenvalue weighted by Gasteiger charge is 2.65. The van der Waals surface area contributed by atoms with Crippen LogP contribution < -0.4 is 5.32 Å². The molecule has 1 aromatic heterocycles. The van der Waals surface area contributed by atoms with Crippen molar-refractivity contribution in [3.05, 3.63) is 48.5 Å². The van der Waals surface area contributed by atoms with Gasteiger partial charge in [0.2, 0.25) is 5.82 Å². The molecule has 0 radical (unpaired) electrons. The van der Waals surface area contributed by atoms with E-state index in [9.17, 15) is 24.2 Å². The van der Waals surface area contributed by atoms with Crippen LogP contribution in [0.15, 0.2) is 47.6 Å². The van der Waals surface area contributed by atoms with Crippen LogP contribution in [-0.4, -0.2) is 15.9 Å². The average Bonchev–Trinajstić information content (AvgIpc) is 2.37. The second-order valence-electron chi connectivity index (χ2n) is 4.02. The van der Waals surface area contributed by atoms with Crippen LogP contribution in [0, 0.1) is 0 Å². The first-order chi connectivity index (χ1) is 9.45. The van der Waals surface area contributed by atoms with Gasteiger partial charge in [-0.3, -0.25) is 4.79 Å². The van der Waals surface area contributed by atoms with Crippen molar-refractivity contribution in [1.29, 1.82) is 0 Å². The maximum atomic E-state index is 12.5. The quantitative estimate of drug-likeness (QED) is 0.852. The van der Waals surface area contributed by atoms with E-state index in [2.05, 4.69) is 15.3 Å². The van der Waals surface area contributed by atoms with Gasteiger partial charge >= 0.3 is 10.2 Å². The molecule has 0 bridgehead atoms. The summed E-state index contributed by atoms with van der Waals surface area (Å²) in [5.41, 5.74) is -0.0851. The number of aromatic nitrogens is 2. The Morgan fingerprint density at radius 3 is 1.95 bits per heavy atom. The molecule has 0 fully saturated rings. The van der Waals surface area contributed by atoms with Gasteiger partial charge in [-0.1, -0.05) is 19.4 Å². The number of anilines is 1. The van der Waals surface area contributed by atoms with Crippen LogP contribution in [0.3, 0.4) is 0 Å². The predicted molar refractivity (Wildman–Crippen MR) is 67.8 cm³/mol. The second-order valence-corrected chi connectivity index (χ2v) is 6.43. The van der Waals surface area contributed by atoms with E-state index in [0.29, 0.717) is 0 Å². The van der Waals surface area contributed by atoms with Crippen molar-refractivity contribution in [1.82, 2.24) is 9.97 Å². The summed E-state index contributed by atoms with van der Waals surface area (Å²) in [6.07, 6.45) is 2.61. The number of rotatable bonds is 3. The van der Waals surface area contributed by atoms with Crippen molar-refractivity contribution in [2.45, 2.75) is 4.90 Å². The Hall–Kier alpha value is -2.23. The Balaban J connectivity index is 2.20. The first-order valence-corrected chi connectivity index (χ1v) is 7.33. The molecule has 1 aromatic carbocycles. The van der Waals surface area contributed by atoms with Crippen LogP contribution in [0.2, 0.25) is 0 Å². The lowest BCUT2D eigenvalue weighted by molar-refractivity contribution is 0.101. The molecule has 0 atom stereocenters. The largest absolute Gasteiger partial charge is 0.319 e. The molecule has 114 valence electrons. The standard InChI is InChI=1S/C11H8F5N3OS/c12-21(13,14,15,16)9-4-2-8(3-5-9)19-11(20)10-17-6-1-7-18-10/h1-7H,(H,19,20). The van der Waals surface area contributed by atoms with Crippen molar-refractivity contribution in [2.24, 2.45) is 0 Å². The number of benzene rings is 1. The minimum atomic E-state index is -9.70. The maximum Gasteiger partial charge on any atom is 0.310 e. The Bertz CT molecular complexity index is 673. The summed E-state index contributed by atoms with van der Waals surface area (Å²) in [5.74, 6) is -0.968. The van der Waals surface area contributed by atoms with Gasteiger partial charge in [-0.25, -0.2) is 9.97 Å². The fourth-order valence-corrected chi connectivity index (χ4v) is 2.05. The molecule has 0 saturated heterocycles. The molecule has 4 nitrogen and oxygen atoms in total. The minimum absolute atomic E-state index is 0.0851. The normalized spacial score (nSPS) is 14.9. The molecule has 0 aliphatic heterocycles. The number of hydrogen-bond acceptors (Lipinski definition) is 3. The lowest BCUT2D eigenvalue weighted by Gasteiger charge is -2.40. The van der Waals surface area contributed by atoms with Crippen LogP contribution in [-0.2, 0) is 0 Å². The molecule has 1 amide bonds. The number of carbonyl (C=O) groups excluding carboxylic acids is 1. The lowest BCUT2D eigenvalue weighted by atomic mass is 10.3. The molecule has 0 spiro atoms. The van der Waals surface area contributed by atoms with E-state index in [-0.39, 0.29) is 23.6 Å². The highest BCUT2D eigenvalue weighted by molar-refractivity contribution is 8.45. The zero-order valence-corrected chi connectivity index (χ0v) is 11.0. The Labute approximate surface area is 115 Å². The summed E-state index contributed by atoms with van der Waals surface area (Å²) in [6, 6.07) is 3.36. The molecule has 0 aliphatic carbocycles. The van der Waals surface area contributed by atoms with Crippen LogP contribution >= 0.6 is 10.2 Å². The third-order valence-corrected chi connectivity index (χ3v) is 3.49. The van der Waals surface area contributed by atoms with Crippen LogP contribution in [0.1, 0.15) is 10.6 Å². The predicted octanol–water partition coefficient (Wildman–Crippen LogP) is 4.39. The molecule has 1 heterocycles. The van der Waals surface area contributed by atoms with Gasteiger partial charge in [-0.2, -0.15) is 0 Å². The van der Waals surface area contributed by atoms with Gasteiger partial charge in [-0.05, 0) is 30.3 Å². The highest BCUT2D eigenvalue weighted by Crippen LogP contribution is 3.02. The first-order valence-electron chi connectivity index (χ1n) is 5.38. The van der Waals surface area contributed by atoms with E-state index < -0.39 is 21.0 Å². The fourth-order valence-electron chi connectivity index (χ4n) is 1.40. The third-order valence-electron chi connectivity index (χ3n) is 2.33. The zero-order chi connectivity index (χ0) is 15.8. The Morgan fingerprint density at radius 2 is 1.48 bits per heavy atom. The number of halogens is 5. The summed E-state index contributed by atoms with van der Waals surface area (Å²) >= 11 is 0. The van der Waals surface area contributed by atoms with Crippen LogP contribution in [0.4, 0.5) is 25.1 Å². The van der Waals surface area contributed by atoms with E-state index in [1.165, 1.54) is 18.5 Å². The number of amides is 1. The van der Waals surface area contributed by atoms with Crippen molar-refractivity contribution < 1.29 is 24.2 Å². The van der Waals surface area contributed by atoms with Gasteiger partial charge in [0.25, 0.3) is 5.91 Å². The van der Waals surface area contributed by atoms with Gasteiger partial charge in [0.15, 0.2) is 0 Å². The van der Waals surface area contributed by atoms with Crippen molar-refractivity contribution in [3.63, 3.8) is 0 Å². The topological polar surface area (TPSA) is 54.9 Å².